The Morgan fingerprint density at radius 3 is 2.90 bits per heavy atom. The van der Waals surface area contributed by atoms with E-state index in [-0.39, 0.29) is 6.04 Å². The lowest BCUT2D eigenvalue weighted by molar-refractivity contribution is 0.284. The number of aryl methyl sites for hydroxylation is 1. The van der Waals surface area contributed by atoms with Crippen molar-refractivity contribution in [3.05, 3.63) is 62.6 Å². The molecule has 0 amide bonds. The molecule has 0 saturated carbocycles. The van der Waals surface area contributed by atoms with Gasteiger partial charge in [-0.05, 0) is 52.0 Å². The van der Waals surface area contributed by atoms with E-state index in [1.54, 1.807) is 0 Å². The molecule has 0 radical (unpaired) electrons. The molecule has 2 aromatic rings. The summed E-state index contributed by atoms with van der Waals surface area (Å²) in [5.41, 5.74) is 9.66. The van der Waals surface area contributed by atoms with E-state index in [1.165, 1.54) is 5.56 Å². The zero-order valence-electron chi connectivity index (χ0n) is 10.9. The Balaban J connectivity index is 2.02. The highest BCUT2D eigenvalue weighted by molar-refractivity contribution is 9.10. The van der Waals surface area contributed by atoms with Crippen LogP contribution in [0.3, 0.4) is 0 Å². The van der Waals surface area contributed by atoms with Gasteiger partial charge in [-0.15, -0.1) is 0 Å². The van der Waals surface area contributed by atoms with Crippen LogP contribution in [0.2, 0.25) is 5.02 Å². The van der Waals surface area contributed by atoms with Crippen molar-refractivity contribution in [3.8, 4) is 5.75 Å². The van der Waals surface area contributed by atoms with Gasteiger partial charge in [0.15, 0.2) is 0 Å². The Morgan fingerprint density at radius 2 is 2.10 bits per heavy atom. The van der Waals surface area contributed by atoms with Crippen molar-refractivity contribution in [2.75, 3.05) is 6.61 Å². The molecule has 20 heavy (non-hydrogen) atoms. The van der Waals surface area contributed by atoms with Gasteiger partial charge in [0.05, 0.1) is 17.7 Å². The molecule has 2 aromatic carbocycles. The number of rotatable bonds is 2. The van der Waals surface area contributed by atoms with Crippen molar-refractivity contribution in [1.29, 1.82) is 0 Å². The highest BCUT2D eigenvalue weighted by Crippen LogP contribution is 2.35. The fourth-order valence-corrected chi connectivity index (χ4v) is 2.98. The summed E-state index contributed by atoms with van der Waals surface area (Å²) in [4.78, 5) is 0. The molecule has 0 aliphatic carbocycles. The van der Waals surface area contributed by atoms with Crippen LogP contribution in [0, 0.1) is 0 Å². The summed E-state index contributed by atoms with van der Waals surface area (Å²) in [6.45, 7) is 0.762. The molecule has 3 rings (SSSR count). The van der Waals surface area contributed by atoms with Gasteiger partial charge >= 0.3 is 0 Å². The minimum atomic E-state index is -0.228. The Labute approximate surface area is 132 Å². The number of fused-ring (bicyclic) bond motifs is 1. The van der Waals surface area contributed by atoms with Crippen LogP contribution in [0.5, 0.6) is 5.75 Å². The predicted molar refractivity (Wildman–Crippen MR) is 85.4 cm³/mol. The Hall–Kier alpha value is -1.03. The van der Waals surface area contributed by atoms with Gasteiger partial charge in [-0.2, -0.15) is 0 Å². The molecule has 1 atom stereocenters. The van der Waals surface area contributed by atoms with Crippen LogP contribution in [0.1, 0.15) is 29.2 Å². The van der Waals surface area contributed by atoms with Crippen molar-refractivity contribution in [3.63, 3.8) is 0 Å². The number of para-hydroxylation sites is 1. The van der Waals surface area contributed by atoms with Crippen molar-refractivity contribution >= 4 is 27.5 Å². The highest BCUT2D eigenvalue weighted by Gasteiger charge is 2.20. The Kier molecular flexibility index (Phi) is 4.01. The van der Waals surface area contributed by atoms with E-state index in [1.807, 2.05) is 30.3 Å². The van der Waals surface area contributed by atoms with Crippen LogP contribution in [-0.4, -0.2) is 6.61 Å². The van der Waals surface area contributed by atoms with Gasteiger partial charge in [0.25, 0.3) is 0 Å². The average molecular weight is 353 g/mol. The van der Waals surface area contributed by atoms with Crippen LogP contribution in [0.25, 0.3) is 0 Å². The average Bonchev–Trinajstić information content (AvgIpc) is 2.49. The largest absolute Gasteiger partial charge is 0.493 e. The maximum atomic E-state index is 6.41. The van der Waals surface area contributed by atoms with E-state index in [0.717, 1.165) is 40.8 Å². The molecular weight excluding hydrogens is 338 g/mol. The van der Waals surface area contributed by atoms with E-state index >= 15 is 0 Å². The molecule has 1 aliphatic rings. The van der Waals surface area contributed by atoms with Crippen LogP contribution < -0.4 is 10.5 Å². The van der Waals surface area contributed by atoms with Gasteiger partial charge in [0.1, 0.15) is 5.75 Å². The molecule has 2 nitrogen and oxygen atoms in total. The van der Waals surface area contributed by atoms with Crippen LogP contribution >= 0.6 is 27.5 Å². The fraction of sp³-hybridized carbons (Fsp3) is 0.250. The molecule has 2 N–H and O–H groups in total. The Bertz CT molecular complexity index is 644. The summed E-state index contributed by atoms with van der Waals surface area (Å²) in [6.07, 6.45) is 2.12. The van der Waals surface area contributed by atoms with Gasteiger partial charge in [0, 0.05) is 10.0 Å². The lowest BCUT2D eigenvalue weighted by Crippen LogP contribution is -2.17. The minimum absolute atomic E-state index is 0.228. The zero-order valence-corrected chi connectivity index (χ0v) is 13.2. The molecule has 1 heterocycles. The summed E-state index contributed by atoms with van der Waals surface area (Å²) in [7, 11) is 0. The van der Waals surface area contributed by atoms with E-state index in [2.05, 4.69) is 22.0 Å². The second-order valence-electron chi connectivity index (χ2n) is 4.94. The lowest BCUT2D eigenvalue weighted by Gasteiger charge is -2.23. The summed E-state index contributed by atoms with van der Waals surface area (Å²) in [6, 6.07) is 11.8. The molecule has 1 aliphatic heterocycles. The van der Waals surface area contributed by atoms with Gasteiger partial charge in [0.2, 0.25) is 0 Å². The third-order valence-electron chi connectivity index (χ3n) is 3.60. The molecule has 1 unspecified atom stereocenters. The minimum Gasteiger partial charge on any atom is -0.493 e. The van der Waals surface area contributed by atoms with E-state index in [0.29, 0.717) is 5.02 Å². The quantitative estimate of drug-likeness (QED) is 0.865. The first kappa shape index (κ1) is 13.9. The van der Waals surface area contributed by atoms with Crippen molar-refractivity contribution < 1.29 is 4.74 Å². The third-order valence-corrected chi connectivity index (χ3v) is 4.83. The first-order valence-electron chi connectivity index (χ1n) is 6.62. The smallest absolute Gasteiger partial charge is 0.127 e. The first-order valence-corrected chi connectivity index (χ1v) is 7.79. The number of hydrogen-bond acceptors (Lipinski definition) is 2. The number of halogens is 2. The van der Waals surface area contributed by atoms with Gasteiger partial charge < -0.3 is 10.5 Å². The summed E-state index contributed by atoms with van der Waals surface area (Å²) < 4.78 is 6.71. The molecule has 0 aromatic heterocycles. The first-order chi connectivity index (χ1) is 9.66. The monoisotopic (exact) mass is 351 g/mol. The summed E-state index contributed by atoms with van der Waals surface area (Å²) in [5, 5.41) is 0.670. The maximum absolute atomic E-state index is 6.41. The van der Waals surface area contributed by atoms with E-state index in [4.69, 9.17) is 22.1 Å². The predicted octanol–water partition coefficient (Wildman–Crippen LogP) is 4.48. The van der Waals surface area contributed by atoms with Crippen molar-refractivity contribution in [1.82, 2.24) is 0 Å². The zero-order chi connectivity index (χ0) is 14.1. The second-order valence-corrected chi connectivity index (χ2v) is 6.20. The highest BCUT2D eigenvalue weighted by atomic mass is 79.9. The molecule has 0 spiro atoms. The number of benzene rings is 2. The van der Waals surface area contributed by atoms with Crippen LogP contribution in [0.4, 0.5) is 0 Å². The molecule has 0 saturated heterocycles. The molecule has 4 heteroatoms. The second kappa shape index (κ2) is 5.76. The number of ether oxygens (including phenoxy) is 1. The Morgan fingerprint density at radius 1 is 1.25 bits per heavy atom. The molecular formula is C16H15BrClNO. The van der Waals surface area contributed by atoms with Gasteiger partial charge in [-0.3, -0.25) is 0 Å². The number of nitrogens with two attached hydrogens (primary N) is 1. The van der Waals surface area contributed by atoms with E-state index in [9.17, 15) is 0 Å². The molecule has 0 bridgehead atoms. The van der Waals surface area contributed by atoms with Crippen LogP contribution in [0.15, 0.2) is 40.9 Å². The van der Waals surface area contributed by atoms with Crippen LogP contribution in [-0.2, 0) is 6.42 Å². The topological polar surface area (TPSA) is 35.2 Å². The fourth-order valence-electron chi connectivity index (χ4n) is 2.54. The van der Waals surface area contributed by atoms with Gasteiger partial charge in [-0.1, -0.05) is 35.9 Å². The molecule has 104 valence electrons. The summed E-state index contributed by atoms with van der Waals surface area (Å²) >= 11 is 9.55. The maximum Gasteiger partial charge on any atom is 0.127 e. The van der Waals surface area contributed by atoms with Crippen molar-refractivity contribution in [2.45, 2.75) is 18.9 Å². The molecule has 0 fully saturated rings. The summed E-state index contributed by atoms with van der Waals surface area (Å²) in [5.74, 6) is 0.949. The van der Waals surface area contributed by atoms with Crippen molar-refractivity contribution in [2.24, 2.45) is 5.73 Å². The van der Waals surface area contributed by atoms with E-state index < -0.39 is 0 Å². The number of hydrogen-bond donors (Lipinski definition) is 1. The standard InChI is InChI=1S/C16H15BrClNO/c17-13-7-6-11(9-14(13)18)15(19)12-5-1-3-10-4-2-8-20-16(10)12/h1,3,5-7,9,15H,2,4,8,19H2. The normalized spacial score (nSPS) is 15.3. The lowest BCUT2D eigenvalue weighted by atomic mass is 9.94. The third kappa shape index (κ3) is 2.58. The van der Waals surface area contributed by atoms with Gasteiger partial charge in [-0.25, -0.2) is 0 Å². The SMILES string of the molecule is NC(c1ccc(Br)c(Cl)c1)c1cccc2c1OCCC2.